The van der Waals surface area contributed by atoms with E-state index < -0.39 is 5.60 Å². The summed E-state index contributed by atoms with van der Waals surface area (Å²) < 4.78 is 1.64. The number of aliphatic hydroxyl groups is 1. The average Bonchev–Trinajstić information content (AvgIpc) is 3.16. The molecule has 1 aliphatic rings. The number of carbonyl (C=O) groups excluding carboxylic acids is 1. The number of β-amino-alcohol motifs (C(OH)–C–C–N with tert-alkyl or cyclic N) is 1. The summed E-state index contributed by atoms with van der Waals surface area (Å²) >= 11 is 0. The van der Waals surface area contributed by atoms with Gasteiger partial charge in [0.2, 0.25) is 0 Å². The number of rotatable bonds is 4. The summed E-state index contributed by atoms with van der Waals surface area (Å²) in [7, 11) is 3.83. The number of hydrogen-bond acceptors (Lipinski definition) is 6. The lowest BCUT2D eigenvalue weighted by molar-refractivity contribution is 0.0236. The van der Waals surface area contributed by atoms with Crippen LogP contribution in [0.5, 0.6) is 0 Å². The molecule has 1 amide bonds. The Hall–Kier alpha value is -2.32. The van der Waals surface area contributed by atoms with Crippen LogP contribution in [0.2, 0.25) is 0 Å². The Morgan fingerprint density at radius 3 is 2.83 bits per heavy atom. The first-order valence-corrected chi connectivity index (χ1v) is 7.44. The van der Waals surface area contributed by atoms with Crippen LogP contribution < -0.4 is 0 Å². The quantitative estimate of drug-likeness (QED) is 0.840. The molecular formula is C15H20N6O2. The number of aromatic nitrogens is 4. The lowest BCUT2D eigenvalue weighted by atomic mass is 10.0. The fourth-order valence-corrected chi connectivity index (χ4v) is 2.94. The lowest BCUT2D eigenvalue weighted by Crippen LogP contribution is -2.43. The van der Waals surface area contributed by atoms with Crippen molar-refractivity contribution in [1.29, 1.82) is 0 Å². The van der Waals surface area contributed by atoms with Crippen molar-refractivity contribution in [2.45, 2.75) is 12.0 Å². The molecule has 0 aliphatic carbocycles. The summed E-state index contributed by atoms with van der Waals surface area (Å²) in [6.07, 6.45) is 5.23. The molecule has 1 saturated heterocycles. The minimum atomic E-state index is -0.844. The van der Waals surface area contributed by atoms with Gasteiger partial charge >= 0.3 is 0 Å². The third-order valence-electron chi connectivity index (χ3n) is 3.91. The molecule has 3 heterocycles. The number of carbonyl (C=O) groups is 1. The molecule has 3 rings (SSSR count). The molecule has 0 spiro atoms. The first-order chi connectivity index (χ1) is 11.0. The van der Waals surface area contributed by atoms with Crippen LogP contribution in [0.1, 0.15) is 16.8 Å². The highest BCUT2D eigenvalue weighted by Gasteiger charge is 2.38. The van der Waals surface area contributed by atoms with E-state index in [0.717, 1.165) is 0 Å². The Bertz CT molecular complexity index is 687. The summed E-state index contributed by atoms with van der Waals surface area (Å²) in [4.78, 5) is 20.5. The highest BCUT2D eigenvalue weighted by molar-refractivity contribution is 5.94. The summed E-state index contributed by atoms with van der Waals surface area (Å²) in [5.41, 5.74) is -0.304. The second-order valence-electron chi connectivity index (χ2n) is 6.21. The van der Waals surface area contributed by atoms with Gasteiger partial charge in [-0.3, -0.25) is 9.36 Å². The van der Waals surface area contributed by atoms with Crippen LogP contribution in [-0.4, -0.2) is 79.9 Å². The maximum absolute atomic E-state index is 12.7. The van der Waals surface area contributed by atoms with Crippen molar-refractivity contribution in [1.82, 2.24) is 29.5 Å². The van der Waals surface area contributed by atoms with Gasteiger partial charge in [-0.25, -0.2) is 4.98 Å². The minimum absolute atomic E-state index is 0.101. The Morgan fingerprint density at radius 2 is 2.13 bits per heavy atom. The molecule has 1 atom stereocenters. The zero-order chi connectivity index (χ0) is 16.4. The third kappa shape index (κ3) is 3.38. The van der Waals surface area contributed by atoms with Crippen molar-refractivity contribution in [2.24, 2.45) is 0 Å². The molecular weight excluding hydrogens is 296 g/mol. The first kappa shape index (κ1) is 15.6. The predicted molar refractivity (Wildman–Crippen MR) is 83.2 cm³/mol. The topological polar surface area (TPSA) is 87.4 Å². The van der Waals surface area contributed by atoms with Gasteiger partial charge in [0.1, 0.15) is 18.5 Å². The van der Waals surface area contributed by atoms with E-state index >= 15 is 0 Å². The molecule has 23 heavy (non-hydrogen) atoms. The molecule has 2 aromatic rings. The predicted octanol–water partition coefficient (Wildman–Crippen LogP) is -0.199. The van der Waals surface area contributed by atoms with Crippen LogP contribution in [0, 0.1) is 0 Å². The Labute approximate surface area is 134 Å². The van der Waals surface area contributed by atoms with E-state index in [0.29, 0.717) is 37.4 Å². The van der Waals surface area contributed by atoms with Crippen molar-refractivity contribution in [3.63, 3.8) is 0 Å². The SMILES string of the molecule is CN(C)C[C@]1(O)CCN(C(=O)c2ccnc(-n3cnnc3)c2)C1. The van der Waals surface area contributed by atoms with Crippen molar-refractivity contribution < 1.29 is 9.90 Å². The summed E-state index contributed by atoms with van der Waals surface area (Å²) in [6, 6.07) is 3.38. The van der Waals surface area contributed by atoms with Gasteiger partial charge < -0.3 is 14.9 Å². The van der Waals surface area contributed by atoms with Crippen LogP contribution in [0.15, 0.2) is 31.0 Å². The van der Waals surface area contributed by atoms with Gasteiger partial charge in [0.05, 0.1) is 12.1 Å². The molecule has 0 bridgehead atoms. The monoisotopic (exact) mass is 316 g/mol. The van der Waals surface area contributed by atoms with Gasteiger partial charge in [-0.05, 0) is 32.6 Å². The first-order valence-electron chi connectivity index (χ1n) is 7.44. The van der Waals surface area contributed by atoms with Crippen LogP contribution in [0.25, 0.3) is 5.82 Å². The van der Waals surface area contributed by atoms with Gasteiger partial charge in [-0.1, -0.05) is 0 Å². The smallest absolute Gasteiger partial charge is 0.254 e. The number of pyridine rings is 1. The number of nitrogens with zero attached hydrogens (tertiary/aromatic N) is 6. The fraction of sp³-hybridized carbons (Fsp3) is 0.467. The second kappa shape index (κ2) is 6.05. The second-order valence-corrected chi connectivity index (χ2v) is 6.21. The van der Waals surface area contributed by atoms with Crippen LogP contribution >= 0.6 is 0 Å². The normalized spacial score (nSPS) is 21.1. The molecule has 0 saturated carbocycles. The van der Waals surface area contributed by atoms with Crippen LogP contribution in [0.3, 0.4) is 0 Å². The molecule has 122 valence electrons. The molecule has 0 unspecified atom stereocenters. The maximum Gasteiger partial charge on any atom is 0.254 e. The zero-order valence-electron chi connectivity index (χ0n) is 13.3. The molecule has 0 aromatic carbocycles. The van der Waals surface area contributed by atoms with Gasteiger partial charge in [0.25, 0.3) is 5.91 Å². The lowest BCUT2D eigenvalue weighted by Gasteiger charge is -2.26. The van der Waals surface area contributed by atoms with Gasteiger partial charge in [0, 0.05) is 24.8 Å². The van der Waals surface area contributed by atoms with Gasteiger partial charge in [0.15, 0.2) is 0 Å². The summed E-state index contributed by atoms with van der Waals surface area (Å²) in [5, 5.41) is 18.0. The van der Waals surface area contributed by atoms with E-state index in [2.05, 4.69) is 15.2 Å². The number of amides is 1. The average molecular weight is 316 g/mol. The fourth-order valence-electron chi connectivity index (χ4n) is 2.94. The van der Waals surface area contributed by atoms with Crippen LogP contribution in [0.4, 0.5) is 0 Å². The highest BCUT2D eigenvalue weighted by atomic mass is 16.3. The third-order valence-corrected chi connectivity index (χ3v) is 3.91. The molecule has 0 radical (unpaired) electrons. The van der Waals surface area contributed by atoms with E-state index in [1.54, 1.807) is 27.8 Å². The molecule has 1 aliphatic heterocycles. The van der Waals surface area contributed by atoms with E-state index in [1.165, 1.54) is 12.7 Å². The Balaban J connectivity index is 1.75. The van der Waals surface area contributed by atoms with Crippen molar-refractivity contribution in [3.8, 4) is 5.82 Å². The van der Waals surface area contributed by atoms with E-state index in [9.17, 15) is 9.90 Å². The molecule has 8 nitrogen and oxygen atoms in total. The van der Waals surface area contributed by atoms with Gasteiger partial charge in [-0.2, -0.15) is 0 Å². The Kier molecular flexibility index (Phi) is 4.10. The van der Waals surface area contributed by atoms with E-state index in [4.69, 9.17) is 0 Å². The summed E-state index contributed by atoms with van der Waals surface area (Å²) in [6.45, 7) is 1.43. The number of likely N-dealkylation sites (N-methyl/N-ethyl adjacent to an activating group) is 1. The molecule has 1 fully saturated rings. The largest absolute Gasteiger partial charge is 0.387 e. The number of hydrogen-bond donors (Lipinski definition) is 1. The molecule has 1 N–H and O–H groups in total. The molecule has 2 aromatic heterocycles. The van der Waals surface area contributed by atoms with Crippen molar-refractivity contribution >= 4 is 5.91 Å². The Morgan fingerprint density at radius 1 is 1.39 bits per heavy atom. The van der Waals surface area contributed by atoms with Crippen molar-refractivity contribution in [2.75, 3.05) is 33.7 Å². The maximum atomic E-state index is 12.7. The zero-order valence-corrected chi connectivity index (χ0v) is 13.3. The minimum Gasteiger partial charge on any atom is -0.387 e. The molecule has 8 heteroatoms. The van der Waals surface area contributed by atoms with E-state index in [-0.39, 0.29) is 5.91 Å². The number of likely N-dealkylation sites (tertiary alicyclic amines) is 1. The van der Waals surface area contributed by atoms with Gasteiger partial charge in [-0.15, -0.1) is 10.2 Å². The standard InChI is InChI=1S/C15H20N6O2/c1-19(2)8-15(23)4-6-20(9-15)14(22)12-3-5-16-13(7-12)21-10-17-18-11-21/h3,5,7,10-11,23H,4,6,8-9H2,1-2H3/t15-/m1/s1. The highest BCUT2D eigenvalue weighted by Crippen LogP contribution is 2.23. The van der Waals surface area contributed by atoms with Crippen LogP contribution in [-0.2, 0) is 0 Å². The van der Waals surface area contributed by atoms with E-state index in [1.807, 2.05) is 19.0 Å². The van der Waals surface area contributed by atoms with Crippen molar-refractivity contribution in [3.05, 3.63) is 36.5 Å². The summed E-state index contributed by atoms with van der Waals surface area (Å²) in [5.74, 6) is 0.486.